The second-order valence-electron chi connectivity index (χ2n) is 3.79. The molecule has 5 nitrogen and oxygen atoms in total. The van der Waals surface area contributed by atoms with Crippen LogP contribution in [0, 0.1) is 26.2 Å². The molecule has 0 saturated carbocycles. The van der Waals surface area contributed by atoms with Crippen LogP contribution in [0.15, 0.2) is 24.3 Å². The molecule has 0 heterocycles. The highest BCUT2D eigenvalue weighted by molar-refractivity contribution is 14.1. The van der Waals surface area contributed by atoms with Gasteiger partial charge in [0, 0.05) is 9.28 Å². The third-order valence-electron chi connectivity index (χ3n) is 2.31. The van der Waals surface area contributed by atoms with E-state index in [9.17, 15) is 9.59 Å². The lowest BCUT2D eigenvalue weighted by Gasteiger charge is -2.07. The average molecular weight is 370 g/mol. The molecule has 0 aromatic heterocycles. The maximum atomic E-state index is 11.6. The van der Waals surface area contributed by atoms with Gasteiger partial charge in [0.05, 0.1) is 11.6 Å². The van der Waals surface area contributed by atoms with Crippen molar-refractivity contribution in [2.45, 2.75) is 6.92 Å². The number of carbonyl (C=O) groups excluding carboxylic acids is 2. The van der Waals surface area contributed by atoms with Crippen molar-refractivity contribution >= 4 is 40.1 Å². The molecular weight excluding hydrogens is 359 g/mol. The van der Waals surface area contributed by atoms with Gasteiger partial charge in [0.25, 0.3) is 0 Å². The van der Waals surface area contributed by atoms with Crippen LogP contribution in [0.25, 0.3) is 0 Å². The van der Waals surface area contributed by atoms with E-state index in [1.165, 1.54) is 6.92 Å². The first-order valence-electron chi connectivity index (χ1n) is 5.35. The zero-order valence-corrected chi connectivity index (χ0v) is 12.3. The molecule has 0 fully saturated rings. The lowest BCUT2D eigenvalue weighted by atomic mass is 10.0. The summed E-state index contributed by atoms with van der Waals surface area (Å²) in [4.78, 5) is 23.2. The molecule has 0 amide bonds. The maximum absolute atomic E-state index is 11.6. The van der Waals surface area contributed by atoms with Crippen molar-refractivity contribution in [3.8, 4) is 6.07 Å². The van der Waals surface area contributed by atoms with Gasteiger partial charge in [0.15, 0.2) is 12.4 Å². The van der Waals surface area contributed by atoms with Gasteiger partial charge in [-0.2, -0.15) is 5.26 Å². The van der Waals surface area contributed by atoms with Crippen LogP contribution in [0.5, 0.6) is 0 Å². The molecule has 0 bridgehead atoms. The van der Waals surface area contributed by atoms with Crippen molar-refractivity contribution in [1.82, 2.24) is 0 Å². The van der Waals surface area contributed by atoms with Gasteiger partial charge >= 0.3 is 5.97 Å². The zero-order valence-electron chi connectivity index (χ0n) is 10.1. The lowest BCUT2D eigenvalue weighted by Crippen LogP contribution is -2.25. The quantitative estimate of drug-likeness (QED) is 0.489. The van der Waals surface area contributed by atoms with Gasteiger partial charge in [0.1, 0.15) is 5.92 Å². The average Bonchev–Trinajstić information content (AvgIpc) is 2.37. The highest BCUT2D eigenvalue weighted by Crippen LogP contribution is 2.08. The Kier molecular flexibility index (Phi) is 5.63. The zero-order chi connectivity index (χ0) is 14.4. The summed E-state index contributed by atoms with van der Waals surface area (Å²) < 4.78 is 5.80. The molecule has 0 aliphatic carbocycles. The van der Waals surface area contributed by atoms with Crippen LogP contribution >= 0.6 is 22.6 Å². The van der Waals surface area contributed by atoms with Crippen LogP contribution in [0.1, 0.15) is 17.3 Å². The number of rotatable bonds is 5. The Labute approximate surface area is 124 Å². The smallest absolute Gasteiger partial charge is 0.338 e. The number of Topliss-reactive ketones (excluding diaryl/α,β-unsaturated/α-hetero) is 1. The molecular formula is C13H11IN2O3. The summed E-state index contributed by atoms with van der Waals surface area (Å²) >= 11 is 2.11. The fourth-order valence-electron chi connectivity index (χ4n) is 1.30. The third kappa shape index (κ3) is 4.44. The number of ether oxygens (including phenoxy) is 1. The Morgan fingerprint density at radius 2 is 2.00 bits per heavy atom. The number of ketones is 1. The van der Waals surface area contributed by atoms with Crippen molar-refractivity contribution in [1.29, 1.82) is 10.7 Å². The van der Waals surface area contributed by atoms with E-state index in [1.807, 2.05) is 0 Å². The van der Waals surface area contributed by atoms with Gasteiger partial charge in [-0.3, -0.25) is 4.79 Å². The van der Waals surface area contributed by atoms with Crippen LogP contribution in [0.3, 0.4) is 0 Å². The molecule has 1 atom stereocenters. The molecule has 98 valence electrons. The molecule has 1 aromatic rings. The van der Waals surface area contributed by atoms with Crippen LogP contribution in [-0.2, 0) is 9.53 Å². The number of hydrogen-bond donors (Lipinski definition) is 1. The normalized spacial score (nSPS) is 11.2. The molecule has 1 unspecified atom stereocenters. The van der Waals surface area contributed by atoms with Crippen molar-refractivity contribution in [2.24, 2.45) is 5.92 Å². The van der Waals surface area contributed by atoms with Gasteiger partial charge in [-0.05, 0) is 53.8 Å². The summed E-state index contributed by atoms with van der Waals surface area (Å²) in [6.07, 6.45) is 0. The van der Waals surface area contributed by atoms with Crippen LogP contribution in [-0.4, -0.2) is 24.1 Å². The molecule has 19 heavy (non-hydrogen) atoms. The second-order valence-corrected chi connectivity index (χ2v) is 5.04. The van der Waals surface area contributed by atoms with Gasteiger partial charge in [-0.1, -0.05) is 0 Å². The van der Waals surface area contributed by atoms with E-state index in [2.05, 4.69) is 22.6 Å². The van der Waals surface area contributed by atoms with E-state index < -0.39 is 24.3 Å². The topological polar surface area (TPSA) is 91.0 Å². The molecule has 1 N–H and O–H groups in total. The van der Waals surface area contributed by atoms with E-state index in [0.29, 0.717) is 5.56 Å². The van der Waals surface area contributed by atoms with Crippen molar-refractivity contribution in [3.63, 3.8) is 0 Å². The van der Waals surface area contributed by atoms with Crippen molar-refractivity contribution in [2.75, 3.05) is 6.61 Å². The Bertz CT molecular complexity index is 546. The summed E-state index contributed by atoms with van der Waals surface area (Å²) in [5.74, 6) is -2.36. The Balaban J connectivity index is 2.60. The van der Waals surface area contributed by atoms with Crippen LogP contribution in [0.2, 0.25) is 0 Å². The molecule has 1 rings (SSSR count). The summed E-state index contributed by atoms with van der Waals surface area (Å²) in [7, 11) is 0. The van der Waals surface area contributed by atoms with Crippen molar-refractivity contribution < 1.29 is 14.3 Å². The first kappa shape index (κ1) is 15.3. The lowest BCUT2D eigenvalue weighted by molar-refractivity contribution is -0.122. The minimum absolute atomic E-state index is 0.0576. The van der Waals surface area contributed by atoms with E-state index in [1.54, 1.807) is 30.3 Å². The molecule has 1 aromatic carbocycles. The molecule has 0 spiro atoms. The van der Waals surface area contributed by atoms with Crippen molar-refractivity contribution in [3.05, 3.63) is 33.4 Å². The number of nitrogens with zero attached hydrogens (tertiary/aromatic N) is 1. The van der Waals surface area contributed by atoms with Gasteiger partial charge < -0.3 is 10.1 Å². The predicted molar refractivity (Wildman–Crippen MR) is 77.0 cm³/mol. The Morgan fingerprint density at radius 1 is 1.42 bits per heavy atom. The minimum atomic E-state index is -1.15. The van der Waals surface area contributed by atoms with Gasteiger partial charge in [-0.25, -0.2) is 4.79 Å². The fraction of sp³-hybridized carbons (Fsp3) is 0.231. The Morgan fingerprint density at radius 3 is 2.47 bits per heavy atom. The van der Waals surface area contributed by atoms with E-state index in [-0.39, 0.29) is 5.71 Å². The predicted octanol–water partition coefficient (Wildman–Crippen LogP) is 2.20. The van der Waals surface area contributed by atoms with E-state index in [0.717, 1.165) is 3.57 Å². The van der Waals surface area contributed by atoms with Crippen LogP contribution in [0.4, 0.5) is 0 Å². The SMILES string of the molecule is CC(=N)C(C#N)C(=O)COC(=O)c1ccc(I)cc1. The number of benzene rings is 1. The summed E-state index contributed by atoms with van der Waals surface area (Å²) in [6.45, 7) is 0.867. The van der Waals surface area contributed by atoms with E-state index >= 15 is 0 Å². The highest BCUT2D eigenvalue weighted by atomic mass is 127. The Hall–Kier alpha value is -1.75. The number of nitrogens with one attached hydrogen (secondary N) is 1. The first-order chi connectivity index (χ1) is 8.95. The van der Waals surface area contributed by atoms with E-state index in [4.69, 9.17) is 15.4 Å². The largest absolute Gasteiger partial charge is 0.454 e. The minimum Gasteiger partial charge on any atom is -0.454 e. The summed E-state index contributed by atoms with van der Waals surface area (Å²) in [5, 5.41) is 16.0. The third-order valence-corrected chi connectivity index (χ3v) is 3.03. The summed E-state index contributed by atoms with van der Waals surface area (Å²) in [6, 6.07) is 8.39. The number of carbonyl (C=O) groups is 2. The maximum Gasteiger partial charge on any atom is 0.338 e. The molecule has 0 saturated heterocycles. The fourth-order valence-corrected chi connectivity index (χ4v) is 1.66. The molecule has 0 aliphatic rings. The molecule has 0 aliphatic heterocycles. The van der Waals surface area contributed by atoms with Crippen LogP contribution < -0.4 is 0 Å². The number of halogens is 1. The monoisotopic (exact) mass is 370 g/mol. The number of esters is 1. The number of nitriles is 1. The second kappa shape index (κ2) is 6.99. The molecule has 0 radical (unpaired) electrons. The first-order valence-corrected chi connectivity index (χ1v) is 6.43. The summed E-state index contributed by atoms with van der Waals surface area (Å²) in [5.41, 5.74) is 0.283. The number of hydrogen-bond acceptors (Lipinski definition) is 5. The molecule has 6 heteroatoms. The standard InChI is InChI=1S/C13H11IN2O3/c1-8(16)11(6-15)12(17)7-19-13(18)9-2-4-10(14)5-3-9/h2-5,11,16H,7H2,1H3. The highest BCUT2D eigenvalue weighted by Gasteiger charge is 2.21. The van der Waals surface area contributed by atoms with Gasteiger partial charge in [0.2, 0.25) is 0 Å². The van der Waals surface area contributed by atoms with Gasteiger partial charge in [-0.15, -0.1) is 0 Å².